The quantitative estimate of drug-likeness (QED) is 0.590. The molecule has 0 saturated heterocycles. The summed E-state index contributed by atoms with van der Waals surface area (Å²) in [7, 11) is 0. The standard InChI is InChI=1S/C7H2ClF2IN2/c8-6-4(7(9)10)5(11)3(1-12)2-13-6/h2,7H. The normalized spacial score (nSPS) is 10.2. The molecule has 68 valence electrons. The summed E-state index contributed by atoms with van der Waals surface area (Å²) >= 11 is 7.10. The van der Waals surface area contributed by atoms with Crippen molar-refractivity contribution in [1.82, 2.24) is 4.98 Å². The first-order valence-electron chi connectivity index (χ1n) is 3.10. The number of hydrogen-bond acceptors (Lipinski definition) is 2. The molecule has 0 aliphatic heterocycles. The molecule has 1 aromatic heterocycles. The lowest BCUT2D eigenvalue weighted by Gasteiger charge is -2.05. The molecule has 0 aromatic carbocycles. The average Bonchev–Trinajstić information content (AvgIpc) is 2.04. The number of hydrogen-bond donors (Lipinski definition) is 0. The number of pyridine rings is 1. The maximum atomic E-state index is 12.4. The van der Waals surface area contributed by atoms with Crippen LogP contribution in [0.25, 0.3) is 0 Å². The van der Waals surface area contributed by atoms with Gasteiger partial charge in [0.1, 0.15) is 11.2 Å². The van der Waals surface area contributed by atoms with Crippen LogP contribution in [0.4, 0.5) is 8.78 Å². The van der Waals surface area contributed by atoms with Crippen LogP contribution in [0.5, 0.6) is 0 Å². The number of nitriles is 1. The summed E-state index contributed by atoms with van der Waals surface area (Å²) in [5.74, 6) is 0. The second-order valence-electron chi connectivity index (χ2n) is 2.10. The average molecular weight is 314 g/mol. The van der Waals surface area contributed by atoms with Crippen molar-refractivity contribution < 1.29 is 8.78 Å². The lowest BCUT2D eigenvalue weighted by molar-refractivity contribution is 0.150. The van der Waals surface area contributed by atoms with E-state index in [-0.39, 0.29) is 19.9 Å². The molecule has 0 atom stereocenters. The van der Waals surface area contributed by atoms with Crippen LogP contribution in [0.2, 0.25) is 5.15 Å². The van der Waals surface area contributed by atoms with Crippen molar-refractivity contribution in [3.05, 3.63) is 26.0 Å². The number of aromatic nitrogens is 1. The molecule has 0 unspecified atom stereocenters. The fourth-order valence-corrected chi connectivity index (χ4v) is 1.88. The van der Waals surface area contributed by atoms with E-state index in [1.807, 2.05) is 0 Å². The van der Waals surface area contributed by atoms with Crippen molar-refractivity contribution in [1.29, 1.82) is 5.26 Å². The zero-order valence-corrected chi connectivity index (χ0v) is 8.97. The molecule has 0 bridgehead atoms. The molecule has 1 heterocycles. The second-order valence-corrected chi connectivity index (χ2v) is 3.54. The summed E-state index contributed by atoms with van der Waals surface area (Å²) in [4.78, 5) is 3.49. The summed E-state index contributed by atoms with van der Waals surface area (Å²) in [6, 6.07) is 1.76. The van der Waals surface area contributed by atoms with Gasteiger partial charge in [0.15, 0.2) is 0 Å². The van der Waals surface area contributed by atoms with E-state index in [0.717, 1.165) is 0 Å². The van der Waals surface area contributed by atoms with Crippen LogP contribution < -0.4 is 0 Å². The van der Waals surface area contributed by atoms with Crippen molar-refractivity contribution in [2.75, 3.05) is 0 Å². The lowest BCUT2D eigenvalue weighted by atomic mass is 10.2. The molecule has 2 nitrogen and oxygen atoms in total. The van der Waals surface area contributed by atoms with E-state index in [1.54, 1.807) is 28.7 Å². The largest absolute Gasteiger partial charge is 0.267 e. The molecule has 0 aliphatic carbocycles. The van der Waals surface area contributed by atoms with Gasteiger partial charge in [-0.05, 0) is 22.6 Å². The zero-order chi connectivity index (χ0) is 10.0. The Morgan fingerprint density at radius 1 is 1.62 bits per heavy atom. The predicted molar refractivity (Wildman–Crippen MR) is 51.6 cm³/mol. The Bertz CT molecular complexity index is 375. The molecule has 0 saturated carbocycles. The molecule has 0 fully saturated rings. The highest BCUT2D eigenvalue weighted by Gasteiger charge is 2.19. The minimum Gasteiger partial charge on any atom is -0.243 e. The molecule has 0 N–H and O–H groups in total. The van der Waals surface area contributed by atoms with Gasteiger partial charge in [-0.15, -0.1) is 0 Å². The topological polar surface area (TPSA) is 36.7 Å². The van der Waals surface area contributed by atoms with Crippen LogP contribution in [0.3, 0.4) is 0 Å². The van der Waals surface area contributed by atoms with Gasteiger partial charge in [0.05, 0.1) is 11.1 Å². The summed E-state index contributed by atoms with van der Waals surface area (Å²) in [5.41, 5.74) is -0.262. The Morgan fingerprint density at radius 2 is 2.23 bits per heavy atom. The minimum atomic E-state index is -2.71. The molecule has 0 aliphatic rings. The van der Waals surface area contributed by atoms with Crippen molar-refractivity contribution in [2.24, 2.45) is 0 Å². The van der Waals surface area contributed by atoms with E-state index in [0.29, 0.717) is 0 Å². The van der Waals surface area contributed by atoms with E-state index in [1.165, 1.54) is 6.20 Å². The monoisotopic (exact) mass is 314 g/mol. The van der Waals surface area contributed by atoms with Gasteiger partial charge in [-0.2, -0.15) is 5.26 Å². The van der Waals surface area contributed by atoms with E-state index < -0.39 is 6.43 Å². The fraction of sp³-hybridized carbons (Fsp3) is 0.143. The van der Waals surface area contributed by atoms with Crippen LogP contribution in [0.15, 0.2) is 6.20 Å². The van der Waals surface area contributed by atoms with Gasteiger partial charge < -0.3 is 0 Å². The van der Waals surface area contributed by atoms with Crippen molar-refractivity contribution in [2.45, 2.75) is 6.43 Å². The number of alkyl halides is 2. The van der Waals surface area contributed by atoms with Gasteiger partial charge in [0.2, 0.25) is 0 Å². The fourth-order valence-electron chi connectivity index (χ4n) is 0.747. The lowest BCUT2D eigenvalue weighted by Crippen LogP contribution is -1.97. The van der Waals surface area contributed by atoms with Crippen molar-refractivity contribution in [3.63, 3.8) is 0 Å². The van der Waals surface area contributed by atoms with E-state index in [2.05, 4.69) is 4.98 Å². The highest BCUT2D eigenvalue weighted by Crippen LogP contribution is 2.31. The maximum absolute atomic E-state index is 12.4. The van der Waals surface area contributed by atoms with Crippen LogP contribution in [0, 0.1) is 14.9 Å². The molecule has 0 amide bonds. The number of halogens is 4. The number of rotatable bonds is 1. The highest BCUT2D eigenvalue weighted by molar-refractivity contribution is 14.1. The van der Waals surface area contributed by atoms with Gasteiger partial charge >= 0.3 is 0 Å². The van der Waals surface area contributed by atoms with Crippen LogP contribution >= 0.6 is 34.2 Å². The highest BCUT2D eigenvalue weighted by atomic mass is 127. The molecule has 1 rings (SSSR count). The van der Waals surface area contributed by atoms with Gasteiger partial charge in [0.25, 0.3) is 6.43 Å². The van der Waals surface area contributed by atoms with Gasteiger partial charge in [-0.1, -0.05) is 11.6 Å². The minimum absolute atomic E-state index is 0.111. The maximum Gasteiger partial charge on any atom is 0.267 e. The Morgan fingerprint density at radius 3 is 2.69 bits per heavy atom. The van der Waals surface area contributed by atoms with Crippen LogP contribution in [-0.4, -0.2) is 4.98 Å². The molecule has 1 aromatic rings. The first-order valence-corrected chi connectivity index (χ1v) is 4.55. The molecule has 0 radical (unpaired) electrons. The smallest absolute Gasteiger partial charge is 0.243 e. The molecular formula is C7H2ClF2IN2. The molecule has 13 heavy (non-hydrogen) atoms. The van der Waals surface area contributed by atoms with Crippen molar-refractivity contribution >= 4 is 34.2 Å². The van der Waals surface area contributed by atoms with Crippen LogP contribution in [-0.2, 0) is 0 Å². The summed E-state index contributed by atoms with van der Waals surface area (Å²) < 4.78 is 24.9. The third-order valence-electron chi connectivity index (χ3n) is 1.34. The summed E-state index contributed by atoms with van der Waals surface area (Å²) in [6.45, 7) is 0. The Balaban J connectivity index is 3.41. The second kappa shape index (κ2) is 4.15. The van der Waals surface area contributed by atoms with E-state index in [4.69, 9.17) is 16.9 Å². The van der Waals surface area contributed by atoms with Gasteiger partial charge in [0, 0.05) is 9.77 Å². The summed E-state index contributed by atoms with van der Waals surface area (Å²) in [5, 5.41) is 8.28. The SMILES string of the molecule is N#Cc1cnc(Cl)c(C(F)F)c1I. The Kier molecular flexibility index (Phi) is 3.39. The Labute approximate surface area is 91.7 Å². The first kappa shape index (κ1) is 10.6. The molecule has 0 spiro atoms. The zero-order valence-electron chi connectivity index (χ0n) is 6.06. The third kappa shape index (κ3) is 2.06. The molecular weight excluding hydrogens is 312 g/mol. The van der Waals surface area contributed by atoms with Gasteiger partial charge in [-0.3, -0.25) is 0 Å². The third-order valence-corrected chi connectivity index (χ3v) is 2.80. The first-order chi connectivity index (χ1) is 6.07. The molecule has 6 heteroatoms. The van der Waals surface area contributed by atoms with Crippen molar-refractivity contribution in [3.8, 4) is 6.07 Å². The van der Waals surface area contributed by atoms with Crippen LogP contribution in [0.1, 0.15) is 17.6 Å². The van der Waals surface area contributed by atoms with Gasteiger partial charge in [-0.25, -0.2) is 13.8 Å². The van der Waals surface area contributed by atoms with E-state index in [9.17, 15) is 8.78 Å². The summed E-state index contributed by atoms with van der Waals surface area (Å²) in [6.07, 6.45) is -1.53. The number of nitrogens with zero attached hydrogens (tertiary/aromatic N) is 2. The Hall–Kier alpha value is -0.480. The van der Waals surface area contributed by atoms with E-state index >= 15 is 0 Å². The predicted octanol–water partition coefficient (Wildman–Crippen LogP) is 3.15.